The minimum atomic E-state index is -0.825. The molecule has 0 heterocycles. The van der Waals surface area contributed by atoms with Gasteiger partial charge < -0.3 is 14.2 Å². The molecule has 0 bridgehead atoms. The molecule has 6 nitrogen and oxygen atoms in total. The molecular weight excluding hydrogens is 841 g/mol. The lowest BCUT2D eigenvalue weighted by atomic mass is 10.1. The first-order chi connectivity index (χ1) is 33.5. The van der Waals surface area contributed by atoms with E-state index in [9.17, 15) is 14.4 Å². The van der Waals surface area contributed by atoms with Gasteiger partial charge in [-0.1, -0.05) is 226 Å². The Morgan fingerprint density at radius 3 is 1.09 bits per heavy atom. The van der Waals surface area contributed by atoms with Gasteiger partial charge >= 0.3 is 17.9 Å². The number of rotatable bonds is 48. The van der Waals surface area contributed by atoms with Crippen molar-refractivity contribution in [1.29, 1.82) is 0 Å². The van der Waals surface area contributed by atoms with Crippen LogP contribution in [0.4, 0.5) is 0 Å². The molecule has 1 atom stereocenters. The molecule has 0 aromatic heterocycles. The number of allylic oxidation sites excluding steroid dienone is 20. The molecule has 0 saturated heterocycles. The molecule has 1 unspecified atom stereocenters. The first-order valence-corrected chi connectivity index (χ1v) is 27.6. The summed E-state index contributed by atoms with van der Waals surface area (Å²) >= 11 is 0. The fourth-order valence-electron chi connectivity index (χ4n) is 7.12. The Labute approximate surface area is 418 Å². The number of hydrogen-bond donors (Lipinski definition) is 0. The molecule has 0 aromatic carbocycles. The van der Waals surface area contributed by atoms with Crippen LogP contribution in [0.5, 0.6) is 0 Å². The molecule has 0 amide bonds. The maximum atomic E-state index is 12.8. The van der Waals surface area contributed by atoms with E-state index >= 15 is 0 Å². The van der Waals surface area contributed by atoms with Gasteiger partial charge in [0.05, 0.1) is 0 Å². The quantitative estimate of drug-likeness (QED) is 0.0199. The van der Waals surface area contributed by atoms with Crippen LogP contribution < -0.4 is 0 Å². The zero-order chi connectivity index (χ0) is 49.3. The summed E-state index contributed by atoms with van der Waals surface area (Å²) in [6.07, 6.45) is 76.1. The molecule has 0 aliphatic heterocycles. The van der Waals surface area contributed by atoms with E-state index in [0.717, 1.165) is 116 Å². The molecule has 0 saturated carbocycles. The first kappa shape index (κ1) is 63.8. The number of ether oxygens (including phenoxy) is 3. The van der Waals surface area contributed by atoms with E-state index in [1.807, 2.05) is 0 Å². The molecule has 0 aliphatic rings. The first-order valence-electron chi connectivity index (χ1n) is 27.6. The van der Waals surface area contributed by atoms with Crippen LogP contribution in [0.2, 0.25) is 0 Å². The van der Waals surface area contributed by atoms with Crippen LogP contribution in [0.1, 0.15) is 233 Å². The van der Waals surface area contributed by atoms with Crippen molar-refractivity contribution < 1.29 is 28.6 Å². The topological polar surface area (TPSA) is 78.9 Å². The van der Waals surface area contributed by atoms with Gasteiger partial charge in [-0.25, -0.2) is 0 Å². The molecule has 0 aromatic rings. The van der Waals surface area contributed by atoms with Crippen LogP contribution in [0.15, 0.2) is 122 Å². The fraction of sp³-hybridized carbons (Fsp3) is 0.629. The van der Waals surface area contributed by atoms with E-state index in [4.69, 9.17) is 14.2 Å². The highest BCUT2D eigenvalue weighted by molar-refractivity contribution is 5.71. The minimum Gasteiger partial charge on any atom is -0.462 e. The summed E-state index contributed by atoms with van der Waals surface area (Å²) in [6, 6.07) is 0. The van der Waals surface area contributed by atoms with Crippen molar-refractivity contribution >= 4 is 17.9 Å². The largest absolute Gasteiger partial charge is 0.462 e. The standard InChI is InChI=1S/C62H100O6/c1-4-7-10-13-16-19-22-25-28-30-32-34-37-40-43-46-49-52-55-61(64)67-58-59(57-66-60(63)54-51-48-45-42-39-36-33-27-24-21-18-15-12-9-6-3)68-62(65)56-53-50-47-44-41-38-35-31-29-26-23-20-17-14-11-8-5-2/h8,11,17-18,20-22,24-30,32,34-35,38,44,47,59H,4-7,9-10,12-16,19,23,31,33,36-37,39-43,45-46,48-58H2,1-3H3/b11-8-,20-17-,21-18-,25-22-,27-24-,29-26-,30-28-,34-32-,38-35-,47-44-. The van der Waals surface area contributed by atoms with Crippen molar-refractivity contribution in [3.63, 3.8) is 0 Å². The summed E-state index contributed by atoms with van der Waals surface area (Å²) in [6.45, 7) is 6.39. The van der Waals surface area contributed by atoms with Gasteiger partial charge in [-0.15, -0.1) is 0 Å². The number of carbonyl (C=O) groups is 3. The molecule has 0 N–H and O–H groups in total. The van der Waals surface area contributed by atoms with Crippen molar-refractivity contribution in [2.24, 2.45) is 0 Å². The number of hydrogen-bond acceptors (Lipinski definition) is 6. The molecule has 68 heavy (non-hydrogen) atoms. The Kier molecular flexibility index (Phi) is 52.0. The lowest BCUT2D eigenvalue weighted by Crippen LogP contribution is -2.30. The van der Waals surface area contributed by atoms with Crippen LogP contribution in [0, 0.1) is 0 Å². The monoisotopic (exact) mass is 941 g/mol. The second kappa shape index (κ2) is 55.4. The van der Waals surface area contributed by atoms with E-state index in [-0.39, 0.29) is 37.5 Å². The predicted molar refractivity (Wildman–Crippen MR) is 293 cm³/mol. The van der Waals surface area contributed by atoms with Crippen molar-refractivity contribution in [3.05, 3.63) is 122 Å². The zero-order valence-corrected chi connectivity index (χ0v) is 43.8. The Hall–Kier alpha value is -4.19. The summed E-state index contributed by atoms with van der Waals surface area (Å²) in [7, 11) is 0. The Morgan fingerprint density at radius 1 is 0.324 bits per heavy atom. The molecule has 0 spiro atoms. The second-order valence-corrected chi connectivity index (χ2v) is 17.8. The molecular formula is C62H100O6. The summed E-state index contributed by atoms with van der Waals surface area (Å²) in [5.41, 5.74) is 0. The van der Waals surface area contributed by atoms with Gasteiger partial charge in [-0.05, 0) is 109 Å². The summed E-state index contributed by atoms with van der Waals surface area (Å²) in [5.74, 6) is -1.01. The van der Waals surface area contributed by atoms with Gasteiger partial charge in [-0.2, -0.15) is 0 Å². The molecule has 384 valence electrons. The van der Waals surface area contributed by atoms with E-state index in [2.05, 4.69) is 142 Å². The van der Waals surface area contributed by atoms with Crippen LogP contribution in [0.3, 0.4) is 0 Å². The average Bonchev–Trinajstić information content (AvgIpc) is 3.34. The zero-order valence-electron chi connectivity index (χ0n) is 43.8. The Morgan fingerprint density at radius 2 is 0.647 bits per heavy atom. The van der Waals surface area contributed by atoms with Crippen molar-refractivity contribution in [3.8, 4) is 0 Å². The average molecular weight is 941 g/mol. The second-order valence-electron chi connectivity index (χ2n) is 17.8. The smallest absolute Gasteiger partial charge is 0.306 e. The van der Waals surface area contributed by atoms with Gasteiger partial charge in [0.1, 0.15) is 13.2 Å². The van der Waals surface area contributed by atoms with Gasteiger partial charge in [0, 0.05) is 19.3 Å². The van der Waals surface area contributed by atoms with Crippen LogP contribution >= 0.6 is 0 Å². The SMILES string of the molecule is CC/C=C\C/C=C\C/C=C\C/C=C\C/C=C\CCCC(=O)OC(COC(=O)CCCCCCC\C=C/C=C\C=C/CCCCCCC)COC(=O)CCCCCCCC/C=C\C=C/CCCCC. The lowest BCUT2D eigenvalue weighted by Gasteiger charge is -2.18. The third kappa shape index (κ3) is 52.8. The van der Waals surface area contributed by atoms with Crippen LogP contribution in [-0.4, -0.2) is 37.2 Å². The number of esters is 3. The molecule has 0 radical (unpaired) electrons. The molecule has 0 fully saturated rings. The summed E-state index contributed by atoms with van der Waals surface area (Å²) in [4.78, 5) is 38.1. The maximum absolute atomic E-state index is 12.8. The van der Waals surface area contributed by atoms with Crippen molar-refractivity contribution in [2.45, 2.75) is 239 Å². The highest BCUT2D eigenvalue weighted by Gasteiger charge is 2.19. The van der Waals surface area contributed by atoms with Crippen LogP contribution in [0.25, 0.3) is 0 Å². The van der Waals surface area contributed by atoms with Crippen molar-refractivity contribution in [2.75, 3.05) is 13.2 Å². The highest BCUT2D eigenvalue weighted by Crippen LogP contribution is 2.13. The summed E-state index contributed by atoms with van der Waals surface area (Å²) < 4.78 is 16.8. The van der Waals surface area contributed by atoms with E-state index < -0.39 is 6.10 Å². The maximum Gasteiger partial charge on any atom is 0.306 e. The van der Waals surface area contributed by atoms with Gasteiger partial charge in [0.15, 0.2) is 6.10 Å². The van der Waals surface area contributed by atoms with Crippen LogP contribution in [-0.2, 0) is 28.6 Å². The third-order valence-electron chi connectivity index (χ3n) is 11.3. The van der Waals surface area contributed by atoms with E-state index in [1.165, 1.54) is 70.6 Å². The number of carbonyl (C=O) groups excluding carboxylic acids is 3. The number of unbranched alkanes of at least 4 members (excludes halogenated alkanes) is 20. The van der Waals surface area contributed by atoms with Gasteiger partial charge in [0.2, 0.25) is 0 Å². The molecule has 0 aliphatic carbocycles. The lowest BCUT2D eigenvalue weighted by molar-refractivity contribution is -0.167. The minimum absolute atomic E-state index is 0.117. The van der Waals surface area contributed by atoms with Gasteiger partial charge in [0.25, 0.3) is 0 Å². The van der Waals surface area contributed by atoms with E-state index in [0.29, 0.717) is 19.3 Å². The summed E-state index contributed by atoms with van der Waals surface area (Å²) in [5, 5.41) is 0. The van der Waals surface area contributed by atoms with Gasteiger partial charge in [-0.3, -0.25) is 14.4 Å². The molecule has 0 rings (SSSR count). The highest BCUT2D eigenvalue weighted by atomic mass is 16.6. The Bertz CT molecular complexity index is 1450. The van der Waals surface area contributed by atoms with Crippen molar-refractivity contribution in [1.82, 2.24) is 0 Å². The third-order valence-corrected chi connectivity index (χ3v) is 11.3. The normalized spacial score (nSPS) is 13.0. The molecule has 6 heteroatoms. The Balaban J connectivity index is 4.56. The van der Waals surface area contributed by atoms with E-state index in [1.54, 1.807) is 0 Å². The predicted octanol–water partition coefficient (Wildman–Crippen LogP) is 18.5. The fourth-order valence-corrected chi connectivity index (χ4v) is 7.12.